The minimum absolute atomic E-state index is 0.214. The number of pyridine rings is 1. The van der Waals surface area contributed by atoms with Crippen LogP contribution in [0.4, 0.5) is 11.4 Å². The average molecular weight is 399 g/mol. The molecule has 1 heterocycles. The van der Waals surface area contributed by atoms with Gasteiger partial charge in [-0.2, -0.15) is 0 Å². The number of hydrogen-bond acceptors (Lipinski definition) is 3. The van der Waals surface area contributed by atoms with E-state index in [0.29, 0.717) is 12.3 Å². The Balaban J connectivity index is 1.66. The van der Waals surface area contributed by atoms with Gasteiger partial charge in [-0.05, 0) is 72.9 Å². The van der Waals surface area contributed by atoms with E-state index in [2.05, 4.69) is 55.3 Å². The summed E-state index contributed by atoms with van der Waals surface area (Å²) in [5.74, 6) is 0.849. The second-order valence-corrected chi connectivity index (χ2v) is 8.08. The number of nitrogens with one attached hydrogen (secondary N) is 1. The molecule has 1 aromatic heterocycles. The third kappa shape index (κ3) is 6.41. The maximum absolute atomic E-state index is 12.5. The predicted octanol–water partition coefficient (Wildman–Crippen LogP) is 7.31. The van der Waals surface area contributed by atoms with Crippen LogP contribution < -0.4 is 5.32 Å². The van der Waals surface area contributed by atoms with Gasteiger partial charge in [0.15, 0.2) is 5.78 Å². The highest BCUT2D eigenvalue weighted by molar-refractivity contribution is 5.97. The predicted molar refractivity (Wildman–Crippen MR) is 127 cm³/mol. The zero-order chi connectivity index (χ0) is 21.3. The van der Waals surface area contributed by atoms with E-state index in [-0.39, 0.29) is 5.78 Å². The van der Waals surface area contributed by atoms with Crippen molar-refractivity contribution < 1.29 is 4.79 Å². The molecule has 0 unspecified atom stereocenters. The van der Waals surface area contributed by atoms with E-state index in [4.69, 9.17) is 0 Å². The summed E-state index contributed by atoms with van der Waals surface area (Å²) in [6, 6.07) is 20.0. The maximum atomic E-state index is 12.5. The Morgan fingerprint density at radius 2 is 1.90 bits per heavy atom. The molecule has 3 heteroatoms. The van der Waals surface area contributed by atoms with Crippen molar-refractivity contribution in [2.45, 2.75) is 40.0 Å². The molecule has 0 saturated carbocycles. The first-order chi connectivity index (χ1) is 14.5. The number of carbonyl (C=O) groups is 1. The molecule has 3 aromatic rings. The fourth-order valence-corrected chi connectivity index (χ4v) is 3.33. The lowest BCUT2D eigenvalue weighted by Gasteiger charge is -2.12. The molecular formula is C27H30N2O. The smallest absolute Gasteiger partial charge is 0.162 e. The summed E-state index contributed by atoms with van der Waals surface area (Å²) in [6.45, 7) is 6.47. The molecule has 0 saturated heterocycles. The Bertz CT molecular complexity index is 1010. The molecule has 154 valence electrons. The molecule has 0 radical (unpaired) electrons. The van der Waals surface area contributed by atoms with Crippen LogP contribution in [0.1, 0.15) is 60.3 Å². The van der Waals surface area contributed by atoms with Gasteiger partial charge in [-0.1, -0.05) is 50.6 Å². The van der Waals surface area contributed by atoms with E-state index in [0.717, 1.165) is 46.6 Å². The second-order valence-electron chi connectivity index (χ2n) is 8.08. The molecule has 0 atom stereocenters. The lowest BCUT2D eigenvalue weighted by molar-refractivity contribution is 0.0978. The first kappa shape index (κ1) is 21.5. The van der Waals surface area contributed by atoms with Crippen molar-refractivity contribution >= 4 is 29.3 Å². The number of nitrogens with zero attached hydrogens (tertiary/aromatic N) is 1. The molecule has 0 fully saturated rings. The molecule has 0 spiro atoms. The third-order valence-corrected chi connectivity index (χ3v) is 5.03. The van der Waals surface area contributed by atoms with Crippen LogP contribution >= 0.6 is 0 Å². The number of hydrogen-bond donors (Lipinski definition) is 1. The number of benzene rings is 2. The fraction of sp³-hybridized carbons (Fsp3) is 0.259. The summed E-state index contributed by atoms with van der Waals surface area (Å²) in [4.78, 5) is 16.8. The van der Waals surface area contributed by atoms with Crippen molar-refractivity contribution in [2.75, 3.05) is 5.32 Å². The number of anilines is 2. The van der Waals surface area contributed by atoms with Crippen LogP contribution in [0.5, 0.6) is 0 Å². The first-order valence-electron chi connectivity index (χ1n) is 10.6. The molecule has 0 amide bonds. The molecule has 0 bridgehead atoms. The monoisotopic (exact) mass is 398 g/mol. The minimum Gasteiger partial charge on any atom is -0.355 e. The Kier molecular flexibility index (Phi) is 7.56. The van der Waals surface area contributed by atoms with E-state index in [1.165, 1.54) is 0 Å². The summed E-state index contributed by atoms with van der Waals surface area (Å²) in [7, 11) is 0. The number of Topliss-reactive ketones (excluding diaryl/α,β-unsaturated/α-hetero) is 1. The summed E-state index contributed by atoms with van der Waals surface area (Å²) < 4.78 is 0. The average Bonchev–Trinajstić information content (AvgIpc) is 2.74. The van der Waals surface area contributed by atoms with E-state index in [1.54, 1.807) is 6.20 Å². The highest BCUT2D eigenvalue weighted by Crippen LogP contribution is 2.24. The number of aromatic nitrogens is 1. The molecule has 0 aliphatic rings. The summed E-state index contributed by atoms with van der Waals surface area (Å²) in [5, 5.41) is 3.45. The van der Waals surface area contributed by atoms with Crippen molar-refractivity contribution in [3.05, 3.63) is 89.2 Å². The van der Waals surface area contributed by atoms with Crippen molar-refractivity contribution in [1.29, 1.82) is 0 Å². The molecule has 0 aliphatic heterocycles. The van der Waals surface area contributed by atoms with Crippen LogP contribution in [0.2, 0.25) is 0 Å². The molecule has 0 aliphatic carbocycles. The van der Waals surface area contributed by atoms with Gasteiger partial charge in [0, 0.05) is 29.6 Å². The van der Waals surface area contributed by atoms with Gasteiger partial charge in [-0.15, -0.1) is 0 Å². The van der Waals surface area contributed by atoms with Gasteiger partial charge in [0.2, 0.25) is 0 Å². The molecular weight excluding hydrogens is 368 g/mol. The van der Waals surface area contributed by atoms with Crippen LogP contribution in [-0.2, 0) is 0 Å². The SMILES string of the molecule is Cc1cc(/C=C/c2ccccn2)ccc1Nc1cccc(C(=O)CCCC(C)C)c1. The van der Waals surface area contributed by atoms with Gasteiger partial charge in [0.25, 0.3) is 0 Å². The van der Waals surface area contributed by atoms with Crippen LogP contribution in [0.25, 0.3) is 12.2 Å². The largest absolute Gasteiger partial charge is 0.355 e. The van der Waals surface area contributed by atoms with Crippen LogP contribution in [-0.4, -0.2) is 10.8 Å². The maximum Gasteiger partial charge on any atom is 0.162 e. The summed E-state index contributed by atoms with van der Waals surface area (Å²) >= 11 is 0. The van der Waals surface area contributed by atoms with Gasteiger partial charge in [-0.25, -0.2) is 0 Å². The molecule has 30 heavy (non-hydrogen) atoms. The molecule has 3 nitrogen and oxygen atoms in total. The van der Waals surface area contributed by atoms with E-state index in [1.807, 2.05) is 48.5 Å². The first-order valence-corrected chi connectivity index (χ1v) is 10.6. The fourth-order valence-electron chi connectivity index (χ4n) is 3.33. The van der Waals surface area contributed by atoms with E-state index < -0.39 is 0 Å². The number of rotatable bonds is 9. The van der Waals surface area contributed by atoms with Gasteiger partial charge >= 0.3 is 0 Å². The van der Waals surface area contributed by atoms with Crippen LogP contribution in [0.3, 0.4) is 0 Å². The number of carbonyl (C=O) groups excluding carboxylic acids is 1. The summed E-state index contributed by atoms with van der Waals surface area (Å²) in [6.07, 6.45) is 8.51. The highest BCUT2D eigenvalue weighted by Gasteiger charge is 2.08. The van der Waals surface area contributed by atoms with E-state index in [9.17, 15) is 4.79 Å². The normalized spacial score (nSPS) is 11.2. The molecule has 1 N–H and O–H groups in total. The van der Waals surface area contributed by atoms with Crippen molar-refractivity contribution in [3.63, 3.8) is 0 Å². The zero-order valence-corrected chi connectivity index (χ0v) is 18.1. The zero-order valence-electron chi connectivity index (χ0n) is 18.1. The Morgan fingerprint density at radius 1 is 1.03 bits per heavy atom. The Morgan fingerprint density at radius 3 is 2.63 bits per heavy atom. The quantitative estimate of drug-likeness (QED) is 0.384. The van der Waals surface area contributed by atoms with Gasteiger partial charge in [0.1, 0.15) is 0 Å². The number of aryl methyl sites for hydroxylation is 1. The standard InChI is InChI=1S/C27H30N2O/c1-20(2)8-6-12-27(30)23-9-7-11-25(19-23)29-26-16-14-22(18-21(26)3)13-15-24-10-4-5-17-28-24/h4-5,7,9-11,13-20,29H,6,8,12H2,1-3H3/b15-13+. The summed E-state index contributed by atoms with van der Waals surface area (Å²) in [5.41, 5.74) is 5.95. The van der Waals surface area contributed by atoms with Crippen molar-refractivity contribution in [2.24, 2.45) is 5.92 Å². The van der Waals surface area contributed by atoms with Gasteiger partial charge < -0.3 is 5.32 Å². The lowest BCUT2D eigenvalue weighted by atomic mass is 10.0. The van der Waals surface area contributed by atoms with Crippen molar-refractivity contribution in [1.82, 2.24) is 4.98 Å². The third-order valence-electron chi connectivity index (χ3n) is 5.03. The Labute approximate surface area is 179 Å². The molecule has 3 rings (SSSR count). The van der Waals surface area contributed by atoms with Gasteiger partial charge in [-0.3, -0.25) is 9.78 Å². The highest BCUT2D eigenvalue weighted by atomic mass is 16.1. The number of ketones is 1. The minimum atomic E-state index is 0.214. The van der Waals surface area contributed by atoms with Gasteiger partial charge in [0.05, 0.1) is 5.69 Å². The topological polar surface area (TPSA) is 42.0 Å². The second kappa shape index (κ2) is 10.5. The van der Waals surface area contributed by atoms with Crippen LogP contribution in [0, 0.1) is 12.8 Å². The van der Waals surface area contributed by atoms with E-state index >= 15 is 0 Å². The van der Waals surface area contributed by atoms with Crippen LogP contribution in [0.15, 0.2) is 66.9 Å². The van der Waals surface area contributed by atoms with Crippen molar-refractivity contribution in [3.8, 4) is 0 Å². The Hall–Kier alpha value is -3.20. The molecule has 2 aromatic carbocycles. The lowest BCUT2D eigenvalue weighted by Crippen LogP contribution is -2.01.